The number of hydrogen-bond acceptors (Lipinski definition) is 2. The summed E-state index contributed by atoms with van der Waals surface area (Å²) >= 11 is 11.2. The monoisotopic (exact) mass is 282 g/mol. The van der Waals surface area contributed by atoms with Gasteiger partial charge in [0.05, 0.1) is 21.6 Å². The first-order valence-electron chi connectivity index (χ1n) is 5.87. The Hall–Kier alpha value is -1.13. The maximum absolute atomic E-state index is 12.5. The summed E-state index contributed by atoms with van der Waals surface area (Å²) < 4.78 is 0. The van der Waals surface area contributed by atoms with E-state index in [1.54, 1.807) is 11.0 Å². The molecule has 0 aromatic heterocycles. The first kappa shape index (κ1) is 13.3. The van der Waals surface area contributed by atoms with Crippen LogP contribution >= 0.6 is 23.8 Å². The van der Waals surface area contributed by atoms with E-state index in [2.05, 4.69) is 0 Å². The lowest BCUT2D eigenvalue weighted by atomic mass is 10.1. The number of nitrogens with zero attached hydrogens (tertiary/aromatic N) is 1. The SMILES string of the molecule is Cc1cccc(C(=O)N2CCCC2C(N)=S)c1Cl. The summed E-state index contributed by atoms with van der Waals surface area (Å²) in [6.45, 7) is 2.57. The molecule has 1 aliphatic rings. The van der Waals surface area contributed by atoms with Gasteiger partial charge in [0.1, 0.15) is 0 Å². The molecule has 0 spiro atoms. The Morgan fingerprint density at radius 3 is 2.94 bits per heavy atom. The molecule has 1 saturated heterocycles. The number of thiocarbonyl (C=S) groups is 1. The van der Waals surface area contributed by atoms with E-state index in [0.29, 0.717) is 22.1 Å². The highest BCUT2D eigenvalue weighted by atomic mass is 35.5. The molecule has 1 amide bonds. The summed E-state index contributed by atoms with van der Waals surface area (Å²) in [6, 6.07) is 5.32. The molecular formula is C13H15ClN2OS. The minimum atomic E-state index is -0.135. The van der Waals surface area contributed by atoms with Gasteiger partial charge < -0.3 is 10.6 Å². The van der Waals surface area contributed by atoms with Crippen LogP contribution in [0, 0.1) is 6.92 Å². The number of carbonyl (C=O) groups is 1. The predicted octanol–water partition coefficient (Wildman–Crippen LogP) is 2.54. The fraction of sp³-hybridized carbons (Fsp3) is 0.385. The number of rotatable bonds is 2. The van der Waals surface area contributed by atoms with E-state index in [-0.39, 0.29) is 11.9 Å². The molecule has 1 fully saturated rings. The molecule has 1 aliphatic heterocycles. The zero-order valence-corrected chi connectivity index (χ0v) is 11.7. The number of halogens is 1. The second-order valence-corrected chi connectivity index (χ2v) is 5.34. The molecule has 0 aliphatic carbocycles. The Kier molecular flexibility index (Phi) is 3.88. The van der Waals surface area contributed by atoms with Gasteiger partial charge in [0.15, 0.2) is 0 Å². The van der Waals surface area contributed by atoms with Gasteiger partial charge >= 0.3 is 0 Å². The number of nitrogens with two attached hydrogens (primary N) is 1. The Balaban J connectivity index is 2.31. The average molecular weight is 283 g/mol. The topological polar surface area (TPSA) is 46.3 Å². The van der Waals surface area contributed by atoms with E-state index in [1.807, 2.05) is 19.1 Å². The van der Waals surface area contributed by atoms with Gasteiger partial charge in [0.2, 0.25) is 0 Å². The number of amides is 1. The molecule has 18 heavy (non-hydrogen) atoms. The van der Waals surface area contributed by atoms with Crippen LogP contribution in [0.4, 0.5) is 0 Å². The van der Waals surface area contributed by atoms with Crippen LogP contribution in [0.1, 0.15) is 28.8 Å². The summed E-state index contributed by atoms with van der Waals surface area (Å²) in [5.41, 5.74) is 7.10. The van der Waals surface area contributed by atoms with Crippen LogP contribution in [-0.2, 0) is 0 Å². The first-order valence-corrected chi connectivity index (χ1v) is 6.66. The van der Waals surface area contributed by atoms with Crippen molar-refractivity contribution in [1.29, 1.82) is 0 Å². The Morgan fingerprint density at radius 2 is 2.28 bits per heavy atom. The normalized spacial score (nSPS) is 19.0. The maximum Gasteiger partial charge on any atom is 0.255 e. The molecule has 1 heterocycles. The number of aryl methyl sites for hydroxylation is 1. The average Bonchev–Trinajstić information content (AvgIpc) is 2.81. The van der Waals surface area contributed by atoms with Crippen molar-refractivity contribution in [2.75, 3.05) is 6.54 Å². The molecule has 0 radical (unpaired) electrons. The Morgan fingerprint density at radius 1 is 1.56 bits per heavy atom. The summed E-state index contributed by atoms with van der Waals surface area (Å²) in [6.07, 6.45) is 1.77. The summed E-state index contributed by atoms with van der Waals surface area (Å²) in [7, 11) is 0. The molecule has 1 aromatic rings. The molecule has 5 heteroatoms. The van der Waals surface area contributed by atoms with Crippen LogP contribution in [0.15, 0.2) is 18.2 Å². The third-order valence-electron chi connectivity index (χ3n) is 3.26. The van der Waals surface area contributed by atoms with Crippen LogP contribution in [0.5, 0.6) is 0 Å². The van der Waals surface area contributed by atoms with E-state index < -0.39 is 0 Å². The number of hydrogen-bond donors (Lipinski definition) is 1. The van der Waals surface area contributed by atoms with Gasteiger partial charge in [-0.05, 0) is 31.4 Å². The van der Waals surface area contributed by atoms with Crippen molar-refractivity contribution in [2.45, 2.75) is 25.8 Å². The minimum absolute atomic E-state index is 0.0843. The molecule has 1 unspecified atom stereocenters. The third-order valence-corrected chi connectivity index (χ3v) is 4.04. The van der Waals surface area contributed by atoms with Crippen LogP contribution in [-0.4, -0.2) is 28.4 Å². The zero-order chi connectivity index (χ0) is 13.3. The zero-order valence-electron chi connectivity index (χ0n) is 10.1. The van der Waals surface area contributed by atoms with Crippen LogP contribution < -0.4 is 5.73 Å². The van der Waals surface area contributed by atoms with Crippen LogP contribution in [0.2, 0.25) is 5.02 Å². The van der Waals surface area contributed by atoms with E-state index in [4.69, 9.17) is 29.6 Å². The van der Waals surface area contributed by atoms with Gasteiger partial charge in [-0.1, -0.05) is 36.0 Å². The highest BCUT2D eigenvalue weighted by Crippen LogP contribution is 2.26. The fourth-order valence-corrected chi connectivity index (χ4v) is 2.72. The van der Waals surface area contributed by atoms with Crippen molar-refractivity contribution < 1.29 is 4.79 Å². The van der Waals surface area contributed by atoms with Crippen molar-refractivity contribution in [2.24, 2.45) is 5.73 Å². The molecule has 96 valence electrons. The number of carbonyl (C=O) groups excluding carboxylic acids is 1. The third kappa shape index (κ3) is 2.35. The highest BCUT2D eigenvalue weighted by molar-refractivity contribution is 7.80. The standard InChI is InChI=1S/C13H15ClN2OS/c1-8-4-2-5-9(11(8)14)13(17)16-7-3-6-10(16)12(15)18/h2,4-5,10H,3,6-7H2,1H3,(H2,15,18). The molecule has 1 aromatic carbocycles. The quantitative estimate of drug-likeness (QED) is 0.848. The minimum Gasteiger partial charge on any atom is -0.392 e. The van der Waals surface area contributed by atoms with Gasteiger partial charge in [-0.3, -0.25) is 4.79 Å². The van der Waals surface area contributed by atoms with Gasteiger partial charge in [0.25, 0.3) is 5.91 Å². The second-order valence-electron chi connectivity index (χ2n) is 4.50. The summed E-state index contributed by atoms with van der Waals surface area (Å²) in [4.78, 5) is 14.6. The summed E-state index contributed by atoms with van der Waals surface area (Å²) in [5.74, 6) is -0.0843. The van der Waals surface area contributed by atoms with Crippen molar-refractivity contribution in [1.82, 2.24) is 4.90 Å². The number of likely N-dealkylation sites (tertiary alicyclic amines) is 1. The van der Waals surface area contributed by atoms with Crippen LogP contribution in [0.3, 0.4) is 0 Å². The lowest BCUT2D eigenvalue weighted by molar-refractivity contribution is 0.0770. The van der Waals surface area contributed by atoms with Crippen molar-refractivity contribution in [3.05, 3.63) is 34.3 Å². The van der Waals surface area contributed by atoms with Crippen molar-refractivity contribution in [3.63, 3.8) is 0 Å². The van der Waals surface area contributed by atoms with E-state index in [0.717, 1.165) is 18.4 Å². The van der Waals surface area contributed by atoms with E-state index in [1.165, 1.54) is 0 Å². The molecule has 2 N–H and O–H groups in total. The maximum atomic E-state index is 12.5. The summed E-state index contributed by atoms with van der Waals surface area (Å²) in [5, 5.41) is 0.510. The molecular weight excluding hydrogens is 268 g/mol. The van der Waals surface area contributed by atoms with Gasteiger partial charge in [-0.25, -0.2) is 0 Å². The Bertz CT molecular complexity index is 504. The molecule has 3 nitrogen and oxygen atoms in total. The number of benzene rings is 1. The fourth-order valence-electron chi connectivity index (χ4n) is 2.27. The molecule has 1 atom stereocenters. The smallest absolute Gasteiger partial charge is 0.255 e. The predicted molar refractivity (Wildman–Crippen MR) is 77.0 cm³/mol. The molecule has 0 saturated carbocycles. The van der Waals surface area contributed by atoms with E-state index in [9.17, 15) is 4.79 Å². The van der Waals surface area contributed by atoms with Crippen molar-refractivity contribution in [3.8, 4) is 0 Å². The largest absolute Gasteiger partial charge is 0.392 e. The van der Waals surface area contributed by atoms with Gasteiger partial charge in [-0.2, -0.15) is 0 Å². The second kappa shape index (κ2) is 5.24. The Labute approximate surface area is 117 Å². The van der Waals surface area contributed by atoms with E-state index >= 15 is 0 Å². The molecule has 0 bridgehead atoms. The van der Waals surface area contributed by atoms with Crippen molar-refractivity contribution >= 4 is 34.7 Å². The van der Waals surface area contributed by atoms with Gasteiger partial charge in [-0.15, -0.1) is 0 Å². The van der Waals surface area contributed by atoms with Crippen LogP contribution in [0.25, 0.3) is 0 Å². The van der Waals surface area contributed by atoms with Gasteiger partial charge in [0, 0.05) is 6.54 Å². The lowest BCUT2D eigenvalue weighted by Gasteiger charge is -2.24. The first-order chi connectivity index (χ1) is 8.52. The molecule has 2 rings (SSSR count). The lowest BCUT2D eigenvalue weighted by Crippen LogP contribution is -2.42. The highest BCUT2D eigenvalue weighted by Gasteiger charge is 2.32.